The second-order valence-electron chi connectivity index (χ2n) is 5.71. The molecule has 0 saturated carbocycles. The van der Waals surface area contributed by atoms with Gasteiger partial charge in [0.2, 0.25) is 0 Å². The molecule has 2 heterocycles. The van der Waals surface area contributed by atoms with Crippen LogP contribution in [0.5, 0.6) is 0 Å². The number of guanidine groups is 1. The van der Waals surface area contributed by atoms with Gasteiger partial charge in [-0.3, -0.25) is 4.90 Å². The van der Waals surface area contributed by atoms with Crippen molar-refractivity contribution >= 4 is 11.5 Å². The first-order chi connectivity index (χ1) is 10.1. The lowest BCUT2D eigenvalue weighted by atomic mass is 9.90. The van der Waals surface area contributed by atoms with E-state index in [0.717, 1.165) is 26.2 Å². The molecule has 0 aromatic heterocycles. The number of benzene rings is 1. The van der Waals surface area contributed by atoms with E-state index in [-0.39, 0.29) is 5.66 Å². The van der Waals surface area contributed by atoms with Crippen LogP contribution in [0.3, 0.4) is 0 Å². The lowest BCUT2D eigenvalue weighted by Gasteiger charge is -2.51. The maximum Gasteiger partial charge on any atom is 0.197 e. The molecule has 3 N–H and O–H groups in total. The number of nitrogens with zero attached hydrogens (tertiary/aromatic N) is 3. The van der Waals surface area contributed by atoms with Gasteiger partial charge in [-0.2, -0.15) is 0 Å². The summed E-state index contributed by atoms with van der Waals surface area (Å²) in [6.07, 6.45) is 1.92. The Kier molecular flexibility index (Phi) is 3.69. The Balaban J connectivity index is 2.05. The largest absolute Gasteiger partial charge is 0.369 e. The number of nitrogens with two attached hydrogens (primary N) is 1. The van der Waals surface area contributed by atoms with Crippen LogP contribution in [0.1, 0.15) is 12.5 Å². The molecule has 0 spiro atoms. The first-order valence-electron chi connectivity index (χ1n) is 7.43. The fourth-order valence-corrected chi connectivity index (χ4v) is 3.19. The van der Waals surface area contributed by atoms with Crippen molar-refractivity contribution in [2.24, 2.45) is 10.7 Å². The van der Waals surface area contributed by atoms with Gasteiger partial charge in [-0.05, 0) is 12.5 Å². The highest BCUT2D eigenvalue weighted by molar-refractivity contribution is 5.87. The number of hydrogen-bond donors (Lipinski definition) is 2. The lowest BCUT2D eigenvalue weighted by Crippen LogP contribution is -2.65. The second-order valence-corrected chi connectivity index (χ2v) is 5.71. The molecule has 0 aliphatic carbocycles. The third-order valence-electron chi connectivity index (χ3n) is 4.65. The van der Waals surface area contributed by atoms with Crippen LogP contribution in [0.2, 0.25) is 0 Å². The fraction of sp³-hybridized carbons (Fsp3) is 0.438. The molecule has 1 saturated heterocycles. The van der Waals surface area contributed by atoms with Gasteiger partial charge in [0.05, 0.1) is 0 Å². The predicted molar refractivity (Wildman–Crippen MR) is 86.7 cm³/mol. The Morgan fingerprint density at radius 3 is 2.52 bits per heavy atom. The average molecular weight is 285 g/mol. The van der Waals surface area contributed by atoms with E-state index in [1.54, 1.807) is 0 Å². The fourth-order valence-electron chi connectivity index (χ4n) is 3.19. The van der Waals surface area contributed by atoms with E-state index in [0.29, 0.717) is 5.96 Å². The van der Waals surface area contributed by atoms with Crippen molar-refractivity contribution in [2.45, 2.75) is 12.6 Å². The number of piperazine rings is 1. The molecule has 112 valence electrons. The van der Waals surface area contributed by atoms with Crippen molar-refractivity contribution < 1.29 is 0 Å². The summed E-state index contributed by atoms with van der Waals surface area (Å²) >= 11 is 0. The van der Waals surface area contributed by atoms with Crippen molar-refractivity contribution in [2.75, 3.05) is 33.2 Å². The summed E-state index contributed by atoms with van der Waals surface area (Å²) in [5, 5.41) is 3.41. The first-order valence-corrected chi connectivity index (χ1v) is 7.43. The Morgan fingerprint density at radius 1 is 1.19 bits per heavy atom. The molecule has 5 nitrogen and oxygen atoms in total. The first kappa shape index (κ1) is 14.1. The average Bonchev–Trinajstić information content (AvgIpc) is 2.54. The van der Waals surface area contributed by atoms with E-state index in [9.17, 15) is 0 Å². The molecule has 1 aromatic rings. The van der Waals surface area contributed by atoms with E-state index >= 15 is 0 Å². The zero-order valence-corrected chi connectivity index (χ0v) is 12.7. The summed E-state index contributed by atoms with van der Waals surface area (Å²) in [5.74, 6) is 0.565. The van der Waals surface area contributed by atoms with Crippen molar-refractivity contribution in [3.8, 4) is 0 Å². The maximum absolute atomic E-state index is 6.09. The van der Waals surface area contributed by atoms with Gasteiger partial charge in [0.15, 0.2) is 5.96 Å². The smallest absolute Gasteiger partial charge is 0.197 e. The van der Waals surface area contributed by atoms with Gasteiger partial charge >= 0.3 is 0 Å². The quantitative estimate of drug-likeness (QED) is 0.848. The van der Waals surface area contributed by atoms with E-state index in [1.165, 1.54) is 11.1 Å². The summed E-state index contributed by atoms with van der Waals surface area (Å²) < 4.78 is 0. The van der Waals surface area contributed by atoms with Gasteiger partial charge in [0.25, 0.3) is 0 Å². The molecule has 1 aromatic carbocycles. The highest BCUT2D eigenvalue weighted by Gasteiger charge is 2.43. The zero-order chi connectivity index (χ0) is 14.9. The Morgan fingerprint density at radius 2 is 1.86 bits per heavy atom. The summed E-state index contributed by atoms with van der Waals surface area (Å²) in [4.78, 5) is 8.94. The molecule has 1 unspecified atom stereocenters. The van der Waals surface area contributed by atoms with Crippen LogP contribution in [0, 0.1) is 0 Å². The molecule has 5 heteroatoms. The normalized spacial score (nSPS) is 27.2. The SMILES string of the molecule is CN1C(N)=NC=C(c2ccccc2)C1(C)N1CCNCC1. The van der Waals surface area contributed by atoms with Crippen molar-refractivity contribution in [1.29, 1.82) is 0 Å². The summed E-state index contributed by atoms with van der Waals surface area (Å²) in [6, 6.07) is 10.4. The highest BCUT2D eigenvalue weighted by Crippen LogP contribution is 2.37. The van der Waals surface area contributed by atoms with E-state index in [4.69, 9.17) is 5.73 Å². The van der Waals surface area contributed by atoms with E-state index in [2.05, 4.69) is 51.3 Å². The van der Waals surface area contributed by atoms with Crippen LogP contribution in [-0.2, 0) is 0 Å². The maximum atomic E-state index is 6.09. The van der Waals surface area contributed by atoms with Gasteiger partial charge in [0, 0.05) is 45.0 Å². The molecule has 0 bridgehead atoms. The van der Waals surface area contributed by atoms with Crippen LogP contribution >= 0.6 is 0 Å². The van der Waals surface area contributed by atoms with Gasteiger partial charge in [0.1, 0.15) is 5.66 Å². The number of rotatable bonds is 2. The minimum atomic E-state index is -0.269. The van der Waals surface area contributed by atoms with E-state index < -0.39 is 0 Å². The van der Waals surface area contributed by atoms with Crippen LogP contribution < -0.4 is 11.1 Å². The number of aliphatic imine (C=N–C) groups is 1. The minimum Gasteiger partial charge on any atom is -0.369 e. The van der Waals surface area contributed by atoms with E-state index in [1.807, 2.05) is 19.3 Å². The molecule has 21 heavy (non-hydrogen) atoms. The third kappa shape index (κ3) is 2.32. The van der Waals surface area contributed by atoms with Crippen LogP contribution in [0.15, 0.2) is 41.5 Å². The monoisotopic (exact) mass is 285 g/mol. The van der Waals surface area contributed by atoms with Crippen LogP contribution in [-0.4, -0.2) is 54.6 Å². The third-order valence-corrected chi connectivity index (χ3v) is 4.65. The molecule has 1 fully saturated rings. The number of hydrogen-bond acceptors (Lipinski definition) is 5. The summed E-state index contributed by atoms with van der Waals surface area (Å²) in [6.45, 7) is 6.24. The van der Waals surface area contributed by atoms with Gasteiger partial charge < -0.3 is 16.0 Å². The molecule has 0 amide bonds. The summed E-state index contributed by atoms with van der Waals surface area (Å²) in [5.41, 5.74) is 8.21. The molecular formula is C16H23N5. The van der Waals surface area contributed by atoms with Crippen molar-refractivity contribution in [1.82, 2.24) is 15.1 Å². The predicted octanol–water partition coefficient (Wildman–Crippen LogP) is 0.909. The Hall–Kier alpha value is -1.85. The molecule has 0 radical (unpaired) electrons. The number of nitrogens with one attached hydrogen (secondary N) is 1. The van der Waals surface area contributed by atoms with Gasteiger partial charge in [-0.25, -0.2) is 4.99 Å². The Bertz CT molecular complexity index is 559. The topological polar surface area (TPSA) is 56.9 Å². The zero-order valence-electron chi connectivity index (χ0n) is 12.7. The van der Waals surface area contributed by atoms with Gasteiger partial charge in [-0.1, -0.05) is 30.3 Å². The molecule has 3 rings (SSSR count). The van der Waals surface area contributed by atoms with Crippen molar-refractivity contribution in [3.63, 3.8) is 0 Å². The highest BCUT2D eigenvalue weighted by atomic mass is 15.4. The minimum absolute atomic E-state index is 0.269. The Labute approximate surface area is 126 Å². The molecular weight excluding hydrogens is 262 g/mol. The van der Waals surface area contributed by atoms with Crippen LogP contribution in [0.4, 0.5) is 0 Å². The number of likely N-dealkylation sites (N-methyl/N-ethyl adjacent to an activating group) is 1. The van der Waals surface area contributed by atoms with Crippen molar-refractivity contribution in [3.05, 3.63) is 42.1 Å². The molecule has 1 atom stereocenters. The lowest BCUT2D eigenvalue weighted by molar-refractivity contribution is 0.0473. The second kappa shape index (κ2) is 5.50. The molecule has 2 aliphatic rings. The van der Waals surface area contributed by atoms with Crippen LogP contribution in [0.25, 0.3) is 5.57 Å². The summed E-state index contributed by atoms with van der Waals surface area (Å²) in [7, 11) is 2.02. The van der Waals surface area contributed by atoms with Gasteiger partial charge in [-0.15, -0.1) is 0 Å². The standard InChI is InChI=1S/C16H23N5/c1-16(21-10-8-18-9-11-21)14(12-19-15(17)20(16)2)13-6-4-3-5-7-13/h3-7,12,18H,8-11H2,1-2H3,(H2,17,19). The molecule has 2 aliphatic heterocycles.